The number of thiazole rings is 1. The second-order valence-corrected chi connectivity index (χ2v) is 7.09. The minimum absolute atomic E-state index is 0.136. The summed E-state index contributed by atoms with van der Waals surface area (Å²) in [4.78, 5) is 16.6. The maximum Gasteiger partial charge on any atom is 0.246 e. The number of halogens is 1. The van der Waals surface area contributed by atoms with Crippen molar-refractivity contribution in [3.63, 3.8) is 0 Å². The number of aromatic nitrogens is 1. The fourth-order valence-electron chi connectivity index (χ4n) is 2.55. The fourth-order valence-corrected chi connectivity index (χ4v) is 3.38. The Morgan fingerprint density at radius 3 is 2.54 bits per heavy atom. The van der Waals surface area contributed by atoms with Gasteiger partial charge in [0.15, 0.2) is 0 Å². The molecule has 0 atom stereocenters. The number of carbonyl (C=O) groups is 1. The molecular weight excluding hydrogens is 377 g/mol. The molecule has 28 heavy (non-hydrogen) atoms. The summed E-state index contributed by atoms with van der Waals surface area (Å²) < 4.78 is 18.1. The van der Waals surface area contributed by atoms with Gasteiger partial charge in [-0.1, -0.05) is 12.1 Å². The van der Waals surface area contributed by atoms with Gasteiger partial charge in [-0.05, 0) is 48.9 Å². The van der Waals surface area contributed by atoms with E-state index in [-0.39, 0.29) is 18.1 Å². The third kappa shape index (κ3) is 5.47. The second kappa shape index (κ2) is 9.23. The van der Waals surface area contributed by atoms with Crippen molar-refractivity contribution < 1.29 is 13.9 Å². The molecule has 0 fully saturated rings. The molecular formula is C21H20FN3O2S. The molecule has 0 unspecified atom stereocenters. The molecule has 3 rings (SSSR count). The lowest BCUT2D eigenvalue weighted by Crippen LogP contribution is -2.21. The van der Waals surface area contributed by atoms with Crippen LogP contribution in [-0.2, 0) is 17.6 Å². The van der Waals surface area contributed by atoms with Crippen LogP contribution in [0, 0.1) is 5.82 Å². The Morgan fingerprint density at radius 1 is 1.14 bits per heavy atom. The fraction of sp³-hybridized carbons (Fsp3) is 0.190. The number of hydrogen-bond acceptors (Lipinski definition) is 5. The summed E-state index contributed by atoms with van der Waals surface area (Å²) in [5, 5.41) is 6.73. The molecule has 1 N–H and O–H groups in total. The molecule has 2 aromatic carbocycles. The summed E-state index contributed by atoms with van der Waals surface area (Å²) in [7, 11) is 1.63. The quantitative estimate of drug-likeness (QED) is 0.479. The third-order valence-electron chi connectivity index (χ3n) is 3.98. The van der Waals surface area contributed by atoms with E-state index in [9.17, 15) is 9.18 Å². The van der Waals surface area contributed by atoms with Gasteiger partial charge in [-0.15, -0.1) is 11.3 Å². The van der Waals surface area contributed by atoms with Crippen molar-refractivity contribution in [2.45, 2.75) is 19.8 Å². The Morgan fingerprint density at radius 2 is 1.86 bits per heavy atom. The van der Waals surface area contributed by atoms with Crippen molar-refractivity contribution in [1.82, 2.24) is 10.4 Å². The molecule has 7 heteroatoms. The SMILES string of the molecule is COc1ccc(C/C(C)=N\NC(=O)Cc2csc(-c3ccc(F)cc3)n2)cc1. The van der Waals surface area contributed by atoms with Crippen LogP contribution in [0.4, 0.5) is 4.39 Å². The highest BCUT2D eigenvalue weighted by atomic mass is 32.1. The lowest BCUT2D eigenvalue weighted by molar-refractivity contribution is -0.120. The largest absolute Gasteiger partial charge is 0.497 e. The number of nitrogens with one attached hydrogen (secondary N) is 1. The van der Waals surface area contributed by atoms with Crippen LogP contribution in [-0.4, -0.2) is 23.7 Å². The lowest BCUT2D eigenvalue weighted by Gasteiger charge is -2.04. The second-order valence-electron chi connectivity index (χ2n) is 6.23. The third-order valence-corrected chi connectivity index (χ3v) is 4.92. The average Bonchev–Trinajstić information content (AvgIpc) is 3.16. The van der Waals surface area contributed by atoms with Crippen LogP contribution >= 0.6 is 11.3 Å². The Bertz CT molecular complexity index is 966. The number of ether oxygens (including phenoxy) is 1. The predicted octanol–water partition coefficient (Wildman–Crippen LogP) is 4.24. The monoisotopic (exact) mass is 397 g/mol. The van der Waals surface area contributed by atoms with Gasteiger partial charge in [0.05, 0.1) is 19.2 Å². The zero-order valence-electron chi connectivity index (χ0n) is 15.6. The van der Waals surface area contributed by atoms with Crippen molar-refractivity contribution >= 4 is 23.0 Å². The smallest absolute Gasteiger partial charge is 0.246 e. The summed E-state index contributed by atoms with van der Waals surface area (Å²) in [6.45, 7) is 1.86. The number of nitrogens with zero attached hydrogens (tertiary/aromatic N) is 2. The van der Waals surface area contributed by atoms with E-state index in [1.807, 2.05) is 36.6 Å². The van der Waals surface area contributed by atoms with Crippen molar-refractivity contribution in [1.29, 1.82) is 0 Å². The van der Waals surface area contributed by atoms with Gasteiger partial charge in [-0.25, -0.2) is 14.8 Å². The molecule has 1 amide bonds. The number of methoxy groups -OCH3 is 1. The highest BCUT2D eigenvalue weighted by molar-refractivity contribution is 7.13. The van der Waals surface area contributed by atoms with Gasteiger partial charge in [-0.3, -0.25) is 4.79 Å². The highest BCUT2D eigenvalue weighted by Gasteiger charge is 2.09. The van der Waals surface area contributed by atoms with E-state index in [2.05, 4.69) is 15.5 Å². The first-order valence-electron chi connectivity index (χ1n) is 8.69. The lowest BCUT2D eigenvalue weighted by atomic mass is 10.1. The number of amides is 1. The van der Waals surface area contributed by atoms with Gasteiger partial charge >= 0.3 is 0 Å². The molecule has 0 aliphatic carbocycles. The maximum atomic E-state index is 13.0. The molecule has 0 aliphatic rings. The molecule has 0 saturated heterocycles. The van der Waals surface area contributed by atoms with E-state index < -0.39 is 0 Å². The average molecular weight is 397 g/mol. The van der Waals surface area contributed by atoms with Crippen LogP contribution in [0.1, 0.15) is 18.2 Å². The van der Waals surface area contributed by atoms with E-state index in [1.54, 1.807) is 19.2 Å². The van der Waals surface area contributed by atoms with Crippen LogP contribution in [0.3, 0.4) is 0 Å². The molecule has 3 aromatic rings. The van der Waals surface area contributed by atoms with Gasteiger partial charge in [0, 0.05) is 23.1 Å². The topological polar surface area (TPSA) is 63.6 Å². The summed E-state index contributed by atoms with van der Waals surface area (Å²) in [5.74, 6) is 0.280. The van der Waals surface area contributed by atoms with Crippen molar-refractivity contribution in [2.75, 3.05) is 7.11 Å². The molecule has 0 radical (unpaired) electrons. The minimum Gasteiger partial charge on any atom is -0.497 e. The van der Waals surface area contributed by atoms with Crippen LogP contribution in [0.5, 0.6) is 5.75 Å². The number of rotatable bonds is 7. The Hall–Kier alpha value is -3.06. The minimum atomic E-state index is -0.289. The van der Waals surface area contributed by atoms with Crippen LogP contribution in [0.2, 0.25) is 0 Å². The first-order chi connectivity index (χ1) is 13.5. The summed E-state index contributed by atoms with van der Waals surface area (Å²) in [5.41, 5.74) is 5.93. The maximum absolute atomic E-state index is 13.0. The summed E-state index contributed by atoms with van der Waals surface area (Å²) in [6.07, 6.45) is 0.771. The zero-order valence-corrected chi connectivity index (χ0v) is 16.4. The molecule has 0 saturated carbocycles. The van der Waals surface area contributed by atoms with E-state index in [4.69, 9.17) is 4.74 Å². The number of hydrogen-bond donors (Lipinski definition) is 1. The van der Waals surface area contributed by atoms with Crippen molar-refractivity contribution in [2.24, 2.45) is 5.10 Å². The molecule has 1 aromatic heterocycles. The van der Waals surface area contributed by atoms with E-state index in [0.29, 0.717) is 12.1 Å². The molecule has 0 aliphatic heterocycles. The Balaban J connectivity index is 1.53. The molecule has 5 nitrogen and oxygen atoms in total. The van der Waals surface area contributed by atoms with Gasteiger partial charge in [-0.2, -0.15) is 5.10 Å². The molecule has 0 bridgehead atoms. The summed E-state index contributed by atoms with van der Waals surface area (Å²) in [6, 6.07) is 13.8. The standard InChI is InChI=1S/C21H20FN3O2S/c1-14(11-15-3-9-19(27-2)10-4-15)24-25-20(26)12-18-13-28-21(23-18)16-5-7-17(22)8-6-16/h3-10,13H,11-12H2,1-2H3,(H,25,26)/b24-14-. The molecule has 144 valence electrons. The van der Waals surface area contributed by atoms with Crippen LogP contribution < -0.4 is 10.2 Å². The van der Waals surface area contributed by atoms with E-state index in [1.165, 1.54) is 23.5 Å². The highest BCUT2D eigenvalue weighted by Crippen LogP contribution is 2.24. The van der Waals surface area contributed by atoms with Crippen LogP contribution in [0.25, 0.3) is 10.6 Å². The number of hydrazone groups is 1. The van der Waals surface area contributed by atoms with Gasteiger partial charge in [0.25, 0.3) is 0 Å². The number of benzene rings is 2. The van der Waals surface area contributed by atoms with Crippen LogP contribution in [0.15, 0.2) is 59.0 Å². The predicted molar refractivity (Wildman–Crippen MR) is 109 cm³/mol. The molecule has 1 heterocycles. The summed E-state index contributed by atoms with van der Waals surface area (Å²) >= 11 is 1.42. The zero-order chi connectivity index (χ0) is 19.9. The Labute approximate surface area is 166 Å². The van der Waals surface area contributed by atoms with Gasteiger partial charge in [0.1, 0.15) is 16.6 Å². The van der Waals surface area contributed by atoms with Crippen molar-refractivity contribution in [3.05, 3.63) is 71.0 Å². The number of carbonyl (C=O) groups excluding carboxylic acids is 1. The molecule has 0 spiro atoms. The first kappa shape index (κ1) is 19.7. The van der Waals surface area contributed by atoms with E-state index >= 15 is 0 Å². The van der Waals surface area contributed by atoms with Gasteiger partial charge < -0.3 is 4.74 Å². The normalized spacial score (nSPS) is 11.3. The first-order valence-corrected chi connectivity index (χ1v) is 9.57. The van der Waals surface area contributed by atoms with E-state index in [0.717, 1.165) is 27.6 Å². The Kier molecular flexibility index (Phi) is 6.49. The van der Waals surface area contributed by atoms with Gasteiger partial charge in [0.2, 0.25) is 5.91 Å². The van der Waals surface area contributed by atoms with Crippen molar-refractivity contribution in [3.8, 4) is 16.3 Å².